The van der Waals surface area contributed by atoms with Crippen molar-refractivity contribution in [3.63, 3.8) is 0 Å². The first-order valence-corrected chi connectivity index (χ1v) is 6.63. The van der Waals surface area contributed by atoms with E-state index in [1.807, 2.05) is 30.3 Å². The Morgan fingerprint density at radius 3 is 3.00 bits per heavy atom. The standard InChI is InChI=1S/C14H12BrN3O/c15-9-6-11-12(16)3-4-13(14(11)18-7-9)17-8-10-2-1-5-19-10/h1-7,17H,8,16H2. The molecular formula is C14H12BrN3O. The Morgan fingerprint density at radius 1 is 1.32 bits per heavy atom. The molecule has 0 aliphatic heterocycles. The van der Waals surface area contributed by atoms with Crippen LogP contribution in [0.25, 0.3) is 10.9 Å². The monoisotopic (exact) mass is 317 g/mol. The van der Waals surface area contributed by atoms with Crippen molar-refractivity contribution in [3.05, 3.63) is 53.0 Å². The Kier molecular flexibility index (Phi) is 3.13. The highest BCUT2D eigenvalue weighted by Gasteiger charge is 2.06. The number of nitrogen functional groups attached to an aromatic ring is 1. The molecule has 0 amide bonds. The van der Waals surface area contributed by atoms with E-state index in [4.69, 9.17) is 10.2 Å². The number of halogens is 1. The van der Waals surface area contributed by atoms with Gasteiger partial charge in [0.2, 0.25) is 0 Å². The molecular weight excluding hydrogens is 306 g/mol. The van der Waals surface area contributed by atoms with Crippen LogP contribution >= 0.6 is 15.9 Å². The number of nitrogens with one attached hydrogen (secondary N) is 1. The van der Waals surface area contributed by atoms with Gasteiger partial charge in [-0.15, -0.1) is 0 Å². The van der Waals surface area contributed by atoms with Crippen molar-refractivity contribution in [1.82, 2.24) is 4.98 Å². The number of benzene rings is 1. The molecule has 0 saturated heterocycles. The maximum Gasteiger partial charge on any atom is 0.122 e. The van der Waals surface area contributed by atoms with Crippen LogP contribution in [0.15, 0.2) is 51.7 Å². The Balaban J connectivity index is 1.97. The molecule has 0 bridgehead atoms. The van der Waals surface area contributed by atoms with Gasteiger partial charge in [0.25, 0.3) is 0 Å². The number of nitrogens with two attached hydrogens (primary N) is 1. The van der Waals surface area contributed by atoms with Gasteiger partial charge in [0.15, 0.2) is 0 Å². The van der Waals surface area contributed by atoms with Gasteiger partial charge in [0.05, 0.1) is 24.0 Å². The molecule has 0 spiro atoms. The van der Waals surface area contributed by atoms with E-state index < -0.39 is 0 Å². The molecule has 2 aromatic heterocycles. The molecule has 0 fully saturated rings. The average Bonchev–Trinajstić information content (AvgIpc) is 2.92. The van der Waals surface area contributed by atoms with Crippen LogP contribution in [-0.4, -0.2) is 4.98 Å². The van der Waals surface area contributed by atoms with Gasteiger partial charge in [-0.05, 0) is 46.3 Å². The predicted molar refractivity (Wildman–Crippen MR) is 79.9 cm³/mol. The van der Waals surface area contributed by atoms with E-state index >= 15 is 0 Å². The molecule has 4 nitrogen and oxygen atoms in total. The first-order valence-electron chi connectivity index (χ1n) is 5.84. The second kappa shape index (κ2) is 4.93. The van der Waals surface area contributed by atoms with E-state index in [2.05, 4.69) is 26.2 Å². The van der Waals surface area contributed by atoms with Crippen molar-refractivity contribution in [2.24, 2.45) is 0 Å². The smallest absolute Gasteiger partial charge is 0.122 e. The highest BCUT2D eigenvalue weighted by molar-refractivity contribution is 9.10. The molecule has 5 heteroatoms. The first-order chi connectivity index (χ1) is 9.24. The van der Waals surface area contributed by atoms with Crippen LogP contribution < -0.4 is 11.1 Å². The van der Waals surface area contributed by atoms with Crippen molar-refractivity contribution in [1.29, 1.82) is 0 Å². The lowest BCUT2D eigenvalue weighted by atomic mass is 10.1. The fraction of sp³-hybridized carbons (Fsp3) is 0.0714. The molecule has 19 heavy (non-hydrogen) atoms. The highest BCUT2D eigenvalue weighted by Crippen LogP contribution is 2.29. The van der Waals surface area contributed by atoms with Crippen molar-refractivity contribution in [2.45, 2.75) is 6.54 Å². The van der Waals surface area contributed by atoms with E-state index in [0.29, 0.717) is 12.2 Å². The Bertz CT molecular complexity index is 710. The van der Waals surface area contributed by atoms with Gasteiger partial charge in [-0.25, -0.2) is 0 Å². The number of rotatable bonds is 3. The fourth-order valence-electron chi connectivity index (χ4n) is 1.95. The normalized spacial score (nSPS) is 10.8. The third-order valence-electron chi connectivity index (χ3n) is 2.88. The average molecular weight is 318 g/mol. The summed E-state index contributed by atoms with van der Waals surface area (Å²) in [4.78, 5) is 4.42. The number of pyridine rings is 1. The van der Waals surface area contributed by atoms with Gasteiger partial charge >= 0.3 is 0 Å². The summed E-state index contributed by atoms with van der Waals surface area (Å²) in [5, 5.41) is 4.24. The van der Waals surface area contributed by atoms with Crippen molar-refractivity contribution in [3.8, 4) is 0 Å². The van der Waals surface area contributed by atoms with Crippen LogP contribution in [0.3, 0.4) is 0 Å². The highest BCUT2D eigenvalue weighted by atomic mass is 79.9. The van der Waals surface area contributed by atoms with E-state index in [-0.39, 0.29) is 0 Å². The maximum absolute atomic E-state index is 5.98. The molecule has 0 saturated carbocycles. The van der Waals surface area contributed by atoms with Crippen LogP contribution in [0, 0.1) is 0 Å². The van der Waals surface area contributed by atoms with Crippen LogP contribution in [0.2, 0.25) is 0 Å². The van der Waals surface area contributed by atoms with E-state index in [9.17, 15) is 0 Å². The minimum atomic E-state index is 0.615. The molecule has 2 heterocycles. The van der Waals surface area contributed by atoms with Crippen LogP contribution in [-0.2, 0) is 6.54 Å². The maximum atomic E-state index is 5.98. The molecule has 0 atom stereocenters. The number of furan rings is 1. The number of fused-ring (bicyclic) bond motifs is 1. The van der Waals surface area contributed by atoms with E-state index in [1.54, 1.807) is 12.5 Å². The Labute approximate surface area is 118 Å². The van der Waals surface area contributed by atoms with Gasteiger partial charge < -0.3 is 15.5 Å². The van der Waals surface area contributed by atoms with Crippen molar-refractivity contribution < 1.29 is 4.42 Å². The molecule has 0 radical (unpaired) electrons. The fourth-order valence-corrected chi connectivity index (χ4v) is 2.29. The van der Waals surface area contributed by atoms with E-state index in [1.165, 1.54) is 0 Å². The Morgan fingerprint density at radius 2 is 2.21 bits per heavy atom. The minimum Gasteiger partial charge on any atom is -0.467 e. The topological polar surface area (TPSA) is 64.1 Å². The van der Waals surface area contributed by atoms with Gasteiger partial charge in [0.1, 0.15) is 5.76 Å². The third kappa shape index (κ3) is 2.42. The molecule has 0 aliphatic carbocycles. The lowest BCUT2D eigenvalue weighted by Crippen LogP contribution is -2.00. The van der Waals surface area contributed by atoms with Gasteiger partial charge in [-0.3, -0.25) is 4.98 Å². The molecule has 3 aromatic rings. The summed E-state index contributed by atoms with van der Waals surface area (Å²) in [5.74, 6) is 0.877. The zero-order chi connectivity index (χ0) is 13.2. The lowest BCUT2D eigenvalue weighted by Gasteiger charge is -2.10. The number of anilines is 2. The number of hydrogen-bond donors (Lipinski definition) is 2. The first kappa shape index (κ1) is 12.0. The van der Waals surface area contributed by atoms with E-state index in [0.717, 1.165) is 26.8 Å². The number of hydrogen-bond acceptors (Lipinski definition) is 4. The zero-order valence-corrected chi connectivity index (χ0v) is 11.6. The summed E-state index contributed by atoms with van der Waals surface area (Å²) in [6, 6.07) is 9.57. The molecule has 0 unspecified atom stereocenters. The van der Waals surface area contributed by atoms with Crippen molar-refractivity contribution >= 4 is 38.2 Å². The van der Waals surface area contributed by atoms with Crippen molar-refractivity contribution in [2.75, 3.05) is 11.1 Å². The third-order valence-corrected chi connectivity index (χ3v) is 3.32. The molecule has 96 valence electrons. The molecule has 1 aromatic carbocycles. The van der Waals surface area contributed by atoms with Gasteiger partial charge in [-0.1, -0.05) is 0 Å². The predicted octanol–water partition coefficient (Wildman–Crippen LogP) is 3.78. The lowest BCUT2D eigenvalue weighted by molar-refractivity contribution is 0.518. The molecule has 3 rings (SSSR count). The molecule has 3 N–H and O–H groups in total. The second-order valence-corrected chi connectivity index (χ2v) is 5.10. The minimum absolute atomic E-state index is 0.615. The Hall–Kier alpha value is -2.01. The summed E-state index contributed by atoms with van der Waals surface area (Å²) in [5.41, 5.74) is 8.49. The zero-order valence-electron chi connectivity index (χ0n) is 10.1. The van der Waals surface area contributed by atoms with Crippen LogP contribution in [0.1, 0.15) is 5.76 Å². The van der Waals surface area contributed by atoms with Gasteiger partial charge in [-0.2, -0.15) is 0 Å². The SMILES string of the molecule is Nc1ccc(NCc2ccco2)c2ncc(Br)cc12. The number of aromatic nitrogens is 1. The summed E-state index contributed by atoms with van der Waals surface area (Å²) in [7, 11) is 0. The van der Waals surface area contributed by atoms with Gasteiger partial charge in [0, 0.05) is 21.7 Å². The summed E-state index contributed by atoms with van der Waals surface area (Å²) in [6.07, 6.45) is 3.42. The summed E-state index contributed by atoms with van der Waals surface area (Å²) >= 11 is 3.41. The van der Waals surface area contributed by atoms with Crippen LogP contribution in [0.4, 0.5) is 11.4 Å². The van der Waals surface area contributed by atoms with Crippen LogP contribution in [0.5, 0.6) is 0 Å². The quantitative estimate of drug-likeness (QED) is 0.721. The molecule has 0 aliphatic rings. The second-order valence-electron chi connectivity index (χ2n) is 4.18. The number of nitrogens with zero attached hydrogens (tertiary/aromatic N) is 1. The summed E-state index contributed by atoms with van der Waals surface area (Å²) < 4.78 is 6.21. The largest absolute Gasteiger partial charge is 0.467 e. The summed E-state index contributed by atoms with van der Waals surface area (Å²) in [6.45, 7) is 0.615.